The van der Waals surface area contributed by atoms with Crippen molar-refractivity contribution in [3.63, 3.8) is 0 Å². The van der Waals surface area contributed by atoms with Crippen molar-refractivity contribution in [2.75, 3.05) is 0 Å². The summed E-state index contributed by atoms with van der Waals surface area (Å²) in [4.78, 5) is 16.2. The standard InChI is InChI=1S/C20H16BrNO/c1-12-2-8-16-17-9-5-14(11-13-3-6-15(21)7-4-13)20(23)19(17)22-18(16)10-12/h2-4,6-8,10-11,22H,5,9H2,1H3/b14-11+. The van der Waals surface area contributed by atoms with Crippen LogP contribution in [0.2, 0.25) is 0 Å². The molecule has 1 aliphatic rings. The minimum absolute atomic E-state index is 0.128. The first-order valence-electron chi connectivity index (χ1n) is 7.74. The largest absolute Gasteiger partial charge is 0.352 e. The molecule has 1 heterocycles. The molecule has 23 heavy (non-hydrogen) atoms. The molecule has 0 radical (unpaired) electrons. The van der Waals surface area contributed by atoms with Crippen LogP contribution in [0.5, 0.6) is 0 Å². The molecule has 0 atom stereocenters. The minimum atomic E-state index is 0.128. The second-order valence-electron chi connectivity index (χ2n) is 6.08. The Morgan fingerprint density at radius 1 is 1.09 bits per heavy atom. The number of aromatic amines is 1. The Hall–Kier alpha value is -2.13. The summed E-state index contributed by atoms with van der Waals surface area (Å²) < 4.78 is 1.04. The summed E-state index contributed by atoms with van der Waals surface area (Å²) in [5.41, 5.74) is 6.13. The number of hydrogen-bond acceptors (Lipinski definition) is 1. The Morgan fingerprint density at radius 2 is 1.87 bits per heavy atom. The summed E-state index contributed by atoms with van der Waals surface area (Å²) >= 11 is 3.44. The lowest BCUT2D eigenvalue weighted by atomic mass is 9.89. The molecule has 1 aliphatic carbocycles. The summed E-state index contributed by atoms with van der Waals surface area (Å²) in [5.74, 6) is 0.128. The van der Waals surface area contributed by atoms with Crippen molar-refractivity contribution in [2.45, 2.75) is 19.8 Å². The van der Waals surface area contributed by atoms with Gasteiger partial charge in [-0.25, -0.2) is 0 Å². The van der Waals surface area contributed by atoms with Crippen LogP contribution in [0.15, 0.2) is 52.5 Å². The van der Waals surface area contributed by atoms with Crippen molar-refractivity contribution in [3.8, 4) is 0 Å². The van der Waals surface area contributed by atoms with Gasteiger partial charge in [-0.2, -0.15) is 0 Å². The summed E-state index contributed by atoms with van der Waals surface area (Å²) in [6.45, 7) is 2.07. The van der Waals surface area contributed by atoms with Crippen molar-refractivity contribution < 1.29 is 4.79 Å². The molecule has 0 spiro atoms. The third kappa shape index (κ3) is 2.55. The molecule has 2 aromatic carbocycles. The maximum Gasteiger partial charge on any atom is 0.205 e. The highest BCUT2D eigenvalue weighted by molar-refractivity contribution is 9.10. The van der Waals surface area contributed by atoms with Crippen LogP contribution in [0, 0.1) is 6.92 Å². The van der Waals surface area contributed by atoms with E-state index in [-0.39, 0.29) is 5.78 Å². The first-order chi connectivity index (χ1) is 11.1. The molecule has 2 nitrogen and oxygen atoms in total. The first-order valence-corrected chi connectivity index (χ1v) is 8.53. The number of ketones is 1. The van der Waals surface area contributed by atoms with E-state index in [1.54, 1.807) is 0 Å². The number of hydrogen-bond donors (Lipinski definition) is 1. The number of fused-ring (bicyclic) bond motifs is 3. The molecule has 0 saturated heterocycles. The zero-order valence-corrected chi connectivity index (χ0v) is 14.4. The maximum atomic E-state index is 12.8. The van der Waals surface area contributed by atoms with Gasteiger partial charge in [0, 0.05) is 20.9 Å². The summed E-state index contributed by atoms with van der Waals surface area (Å²) in [6, 6.07) is 14.4. The molecule has 3 heteroatoms. The summed E-state index contributed by atoms with van der Waals surface area (Å²) in [6.07, 6.45) is 3.71. The van der Waals surface area contributed by atoms with E-state index in [2.05, 4.69) is 46.0 Å². The average molecular weight is 366 g/mol. The van der Waals surface area contributed by atoms with Gasteiger partial charge in [0.15, 0.2) is 0 Å². The normalized spacial score (nSPS) is 16.1. The lowest BCUT2D eigenvalue weighted by Gasteiger charge is -2.14. The van der Waals surface area contributed by atoms with E-state index in [0.717, 1.165) is 45.2 Å². The predicted molar refractivity (Wildman–Crippen MR) is 97.8 cm³/mol. The fourth-order valence-electron chi connectivity index (χ4n) is 3.25. The zero-order valence-electron chi connectivity index (χ0n) is 12.8. The second-order valence-corrected chi connectivity index (χ2v) is 6.99. The monoisotopic (exact) mass is 365 g/mol. The molecule has 1 aromatic heterocycles. The Bertz CT molecular complexity index is 948. The number of aryl methyl sites for hydroxylation is 2. The third-order valence-corrected chi connectivity index (χ3v) is 4.96. The van der Waals surface area contributed by atoms with Crippen LogP contribution in [0.1, 0.15) is 33.6 Å². The number of carbonyl (C=O) groups excluding carboxylic acids is 1. The van der Waals surface area contributed by atoms with Gasteiger partial charge in [-0.15, -0.1) is 0 Å². The van der Waals surface area contributed by atoms with Gasteiger partial charge in [0.1, 0.15) is 0 Å². The minimum Gasteiger partial charge on any atom is -0.352 e. The fraction of sp³-hybridized carbons (Fsp3) is 0.150. The molecule has 3 aromatic rings. The van der Waals surface area contributed by atoms with Gasteiger partial charge >= 0.3 is 0 Å². The van der Waals surface area contributed by atoms with Crippen molar-refractivity contribution >= 4 is 38.7 Å². The SMILES string of the molecule is Cc1ccc2c3c([nH]c2c1)C(=O)/C(=C/c1ccc(Br)cc1)CC3. The van der Waals surface area contributed by atoms with Crippen LogP contribution < -0.4 is 0 Å². The fourth-order valence-corrected chi connectivity index (χ4v) is 3.52. The van der Waals surface area contributed by atoms with E-state index in [4.69, 9.17) is 0 Å². The van der Waals surface area contributed by atoms with Gasteiger partial charge in [0.2, 0.25) is 5.78 Å². The van der Waals surface area contributed by atoms with Crippen LogP contribution in [-0.4, -0.2) is 10.8 Å². The van der Waals surface area contributed by atoms with Gasteiger partial charge in [-0.05, 0) is 60.7 Å². The molecule has 4 rings (SSSR count). The van der Waals surface area contributed by atoms with Gasteiger partial charge in [0.05, 0.1) is 5.69 Å². The van der Waals surface area contributed by atoms with Crippen LogP contribution in [0.4, 0.5) is 0 Å². The molecular formula is C20H16BrNO. The molecule has 0 saturated carbocycles. The van der Waals surface area contributed by atoms with E-state index in [1.807, 2.05) is 30.3 Å². The molecule has 114 valence electrons. The lowest BCUT2D eigenvalue weighted by Crippen LogP contribution is -2.13. The van der Waals surface area contributed by atoms with Crippen molar-refractivity contribution in [1.29, 1.82) is 0 Å². The molecule has 0 amide bonds. The highest BCUT2D eigenvalue weighted by Gasteiger charge is 2.25. The van der Waals surface area contributed by atoms with Gasteiger partial charge < -0.3 is 4.98 Å². The number of rotatable bonds is 1. The van der Waals surface area contributed by atoms with E-state index < -0.39 is 0 Å². The number of nitrogens with one attached hydrogen (secondary N) is 1. The Kier molecular flexibility index (Phi) is 3.46. The highest BCUT2D eigenvalue weighted by atomic mass is 79.9. The Balaban J connectivity index is 1.77. The van der Waals surface area contributed by atoms with Crippen molar-refractivity contribution in [1.82, 2.24) is 4.98 Å². The van der Waals surface area contributed by atoms with Gasteiger partial charge in [0.25, 0.3) is 0 Å². The Labute approximate surface area is 143 Å². The van der Waals surface area contributed by atoms with Crippen LogP contribution in [0.3, 0.4) is 0 Å². The lowest BCUT2D eigenvalue weighted by molar-refractivity contribution is 0.102. The second kappa shape index (κ2) is 5.50. The van der Waals surface area contributed by atoms with Crippen LogP contribution in [0.25, 0.3) is 17.0 Å². The average Bonchev–Trinajstić information content (AvgIpc) is 2.90. The number of benzene rings is 2. The van der Waals surface area contributed by atoms with E-state index >= 15 is 0 Å². The number of aromatic nitrogens is 1. The van der Waals surface area contributed by atoms with Crippen LogP contribution in [-0.2, 0) is 6.42 Å². The molecule has 0 fully saturated rings. The van der Waals surface area contributed by atoms with E-state index in [1.165, 1.54) is 10.9 Å². The zero-order chi connectivity index (χ0) is 16.0. The van der Waals surface area contributed by atoms with Crippen LogP contribution >= 0.6 is 15.9 Å². The number of halogens is 1. The van der Waals surface area contributed by atoms with E-state index in [9.17, 15) is 4.79 Å². The Morgan fingerprint density at radius 3 is 2.65 bits per heavy atom. The summed E-state index contributed by atoms with van der Waals surface area (Å²) in [5, 5.41) is 1.18. The molecular weight excluding hydrogens is 350 g/mol. The molecule has 0 unspecified atom stereocenters. The van der Waals surface area contributed by atoms with Gasteiger partial charge in [-0.3, -0.25) is 4.79 Å². The summed E-state index contributed by atoms with van der Waals surface area (Å²) in [7, 11) is 0. The first kappa shape index (κ1) is 14.5. The number of Topliss-reactive ketones (excluding diaryl/α,β-unsaturated/α-hetero) is 1. The predicted octanol–water partition coefficient (Wildman–Crippen LogP) is 5.45. The van der Waals surface area contributed by atoms with E-state index in [0.29, 0.717) is 0 Å². The molecule has 0 bridgehead atoms. The third-order valence-electron chi connectivity index (χ3n) is 4.44. The molecule has 1 N–H and O–H groups in total. The maximum absolute atomic E-state index is 12.8. The number of carbonyl (C=O) groups is 1. The highest BCUT2D eigenvalue weighted by Crippen LogP contribution is 2.32. The quantitative estimate of drug-likeness (QED) is 0.571. The van der Waals surface area contributed by atoms with Crippen molar-refractivity contribution in [2.24, 2.45) is 0 Å². The number of H-pyrrole nitrogens is 1. The smallest absolute Gasteiger partial charge is 0.205 e. The topological polar surface area (TPSA) is 32.9 Å². The molecule has 0 aliphatic heterocycles. The van der Waals surface area contributed by atoms with Gasteiger partial charge in [-0.1, -0.05) is 40.2 Å². The number of allylic oxidation sites excluding steroid dienone is 1. The van der Waals surface area contributed by atoms with Crippen molar-refractivity contribution in [3.05, 3.63) is 74.9 Å².